The van der Waals surface area contributed by atoms with Gasteiger partial charge in [-0.1, -0.05) is 189 Å². The van der Waals surface area contributed by atoms with Gasteiger partial charge in [0.05, 0.1) is 33.4 Å². The van der Waals surface area contributed by atoms with Gasteiger partial charge in [-0.3, -0.25) is 9.80 Å². The van der Waals surface area contributed by atoms with Crippen LogP contribution in [0.4, 0.5) is 34.6 Å². The molecule has 0 aliphatic carbocycles. The molecule has 0 spiro atoms. The molecule has 0 amide bonds. The fraction of sp³-hybridized carbons (Fsp3) is 0.0175. The predicted molar refractivity (Wildman–Crippen MR) is 268 cm³/mol. The number of para-hydroxylation sites is 6. The zero-order valence-corrected chi connectivity index (χ0v) is 35.3. The molecule has 0 bridgehead atoms. The maximum absolute atomic E-state index is 5.59. The zero-order chi connectivity index (χ0) is 42.7. The molecular weight excluding hydrogens is 779 g/mol. The number of aromatic nitrogens is 4. The van der Waals surface area contributed by atoms with Gasteiger partial charge in [0, 0.05) is 39.1 Å². The van der Waals surface area contributed by atoms with E-state index in [0.717, 1.165) is 107 Å². The van der Waals surface area contributed by atoms with Crippen molar-refractivity contribution in [1.29, 1.82) is 0 Å². The van der Waals surface area contributed by atoms with Crippen LogP contribution in [0, 0.1) is 0 Å². The molecule has 302 valence electrons. The van der Waals surface area contributed by atoms with Crippen LogP contribution in [0.25, 0.3) is 61.0 Å². The summed E-state index contributed by atoms with van der Waals surface area (Å²) in [5.74, 6) is 1.67. The molecule has 0 fully saturated rings. The van der Waals surface area contributed by atoms with Crippen molar-refractivity contribution in [2.45, 2.75) is 6.92 Å². The number of hydrogen-bond donors (Lipinski definition) is 0. The number of allylic oxidation sites excluding steroid dienone is 5. The molecule has 0 saturated heterocycles. The summed E-state index contributed by atoms with van der Waals surface area (Å²) < 4.78 is 4.89. The largest absolute Gasteiger partial charge is 0.429 e. The van der Waals surface area contributed by atoms with Crippen LogP contribution in [0.5, 0.6) is 0 Å². The molecule has 12 rings (SSSR count). The normalized spacial score (nSPS) is 13.1. The second kappa shape index (κ2) is 15.2. The van der Waals surface area contributed by atoms with Crippen LogP contribution in [-0.2, 0) is 0 Å². The summed E-state index contributed by atoms with van der Waals surface area (Å²) >= 11 is 0. The Hall–Kier alpha value is -8.42. The molecule has 2 aliphatic rings. The highest BCUT2D eigenvalue weighted by molar-refractivity contribution is 6.77. The maximum atomic E-state index is 5.59. The Morgan fingerprint density at radius 1 is 0.469 bits per heavy atom. The van der Waals surface area contributed by atoms with E-state index in [2.05, 4.69) is 239 Å². The molecule has 10 aromatic rings. The van der Waals surface area contributed by atoms with Crippen LogP contribution < -0.4 is 15.3 Å². The SMILES string of the molecule is C=C/C=C\C=C(/C)c1cccc(-c2ccccc2)c1N1c2cccc3c2B(n2c1nc1ccccc12)n1c(nc2ccccc21)N3c1c(-c2ccccc2)cccc1-c1ccccc1. The number of fused-ring (bicyclic) bond motifs is 8. The summed E-state index contributed by atoms with van der Waals surface area (Å²) in [6.07, 6.45) is 8.02. The van der Waals surface area contributed by atoms with Crippen molar-refractivity contribution in [3.8, 4) is 33.4 Å². The average molecular weight is 821 g/mol. The number of benzene rings is 8. The van der Waals surface area contributed by atoms with Gasteiger partial charge in [0.2, 0.25) is 11.9 Å². The monoisotopic (exact) mass is 820 g/mol. The van der Waals surface area contributed by atoms with Crippen LogP contribution in [-0.4, -0.2) is 25.9 Å². The molecular formula is C57H41BN6. The summed E-state index contributed by atoms with van der Waals surface area (Å²) in [6, 6.07) is 69.3. The highest BCUT2D eigenvalue weighted by Crippen LogP contribution is 2.53. The third-order valence-corrected chi connectivity index (χ3v) is 12.6. The zero-order valence-electron chi connectivity index (χ0n) is 35.3. The summed E-state index contributed by atoms with van der Waals surface area (Å²) in [5, 5.41) is 0. The second-order valence-electron chi connectivity index (χ2n) is 16.3. The molecule has 2 aliphatic heterocycles. The number of imidazole rings is 2. The molecule has 4 heterocycles. The Labute approximate surface area is 372 Å². The first-order valence-electron chi connectivity index (χ1n) is 21.8. The Kier molecular flexibility index (Phi) is 8.86. The Bertz CT molecular complexity index is 3440. The van der Waals surface area contributed by atoms with E-state index in [0.29, 0.717) is 0 Å². The third-order valence-electron chi connectivity index (χ3n) is 12.6. The van der Waals surface area contributed by atoms with E-state index in [1.165, 1.54) is 0 Å². The maximum Gasteiger partial charge on any atom is 0.429 e. The van der Waals surface area contributed by atoms with Crippen LogP contribution in [0.2, 0.25) is 0 Å². The fourth-order valence-electron chi connectivity index (χ4n) is 9.89. The van der Waals surface area contributed by atoms with Crippen molar-refractivity contribution in [1.82, 2.24) is 18.9 Å². The average Bonchev–Trinajstić information content (AvgIpc) is 3.94. The summed E-state index contributed by atoms with van der Waals surface area (Å²) in [7, 11) is 0. The van der Waals surface area contributed by atoms with Gasteiger partial charge in [0.15, 0.2) is 0 Å². The molecule has 6 nitrogen and oxygen atoms in total. The highest BCUT2D eigenvalue weighted by atomic mass is 15.4. The molecule has 0 atom stereocenters. The Morgan fingerprint density at radius 2 is 0.906 bits per heavy atom. The lowest BCUT2D eigenvalue weighted by molar-refractivity contribution is 0.998. The van der Waals surface area contributed by atoms with E-state index in [4.69, 9.17) is 9.97 Å². The summed E-state index contributed by atoms with van der Waals surface area (Å²) in [5.41, 5.74) is 18.2. The van der Waals surface area contributed by atoms with E-state index in [-0.39, 0.29) is 6.98 Å². The molecule has 0 N–H and O–H groups in total. The lowest BCUT2D eigenvalue weighted by Crippen LogP contribution is -2.55. The highest BCUT2D eigenvalue weighted by Gasteiger charge is 2.48. The van der Waals surface area contributed by atoms with Gasteiger partial charge < -0.3 is 8.96 Å². The van der Waals surface area contributed by atoms with E-state index < -0.39 is 0 Å². The minimum Gasteiger partial charge on any atom is -0.329 e. The smallest absolute Gasteiger partial charge is 0.329 e. The number of nitrogens with zero attached hydrogens (tertiary/aromatic N) is 6. The van der Waals surface area contributed by atoms with E-state index in [9.17, 15) is 0 Å². The second-order valence-corrected chi connectivity index (χ2v) is 16.3. The Balaban J connectivity index is 1.24. The molecule has 7 heteroatoms. The van der Waals surface area contributed by atoms with Gasteiger partial charge >= 0.3 is 6.98 Å². The van der Waals surface area contributed by atoms with Crippen LogP contribution >= 0.6 is 0 Å². The van der Waals surface area contributed by atoms with Crippen LogP contribution in [0.3, 0.4) is 0 Å². The first kappa shape index (κ1) is 37.4. The fourth-order valence-corrected chi connectivity index (χ4v) is 9.89. The van der Waals surface area contributed by atoms with Crippen molar-refractivity contribution in [3.05, 3.63) is 231 Å². The van der Waals surface area contributed by atoms with Crippen molar-refractivity contribution in [2.24, 2.45) is 0 Å². The topological polar surface area (TPSA) is 42.1 Å². The minimum absolute atomic E-state index is 0.327. The molecule has 64 heavy (non-hydrogen) atoms. The number of hydrogen-bond acceptors (Lipinski definition) is 4. The predicted octanol–water partition coefficient (Wildman–Crippen LogP) is 13.9. The van der Waals surface area contributed by atoms with Gasteiger partial charge in [-0.25, -0.2) is 9.97 Å². The lowest BCUT2D eigenvalue weighted by Gasteiger charge is -2.43. The van der Waals surface area contributed by atoms with Crippen molar-refractivity contribution in [2.75, 3.05) is 9.80 Å². The summed E-state index contributed by atoms with van der Waals surface area (Å²) in [4.78, 5) is 16.0. The summed E-state index contributed by atoms with van der Waals surface area (Å²) in [6.45, 7) is 5.80. The molecule has 0 unspecified atom stereocenters. The Morgan fingerprint density at radius 3 is 1.42 bits per heavy atom. The van der Waals surface area contributed by atoms with Gasteiger partial charge in [-0.15, -0.1) is 0 Å². The van der Waals surface area contributed by atoms with Crippen molar-refractivity contribution < 1.29 is 0 Å². The van der Waals surface area contributed by atoms with Crippen molar-refractivity contribution in [3.63, 3.8) is 0 Å². The van der Waals surface area contributed by atoms with Crippen LogP contribution in [0.15, 0.2) is 225 Å². The minimum atomic E-state index is -0.327. The quantitative estimate of drug-likeness (QED) is 0.113. The molecule has 0 radical (unpaired) electrons. The van der Waals surface area contributed by atoms with Crippen LogP contribution in [0.1, 0.15) is 12.5 Å². The first-order chi connectivity index (χ1) is 31.7. The van der Waals surface area contributed by atoms with E-state index >= 15 is 0 Å². The van der Waals surface area contributed by atoms with Gasteiger partial charge in [0.25, 0.3) is 0 Å². The molecule has 2 aromatic heterocycles. The van der Waals surface area contributed by atoms with E-state index in [1.807, 2.05) is 12.2 Å². The third kappa shape index (κ3) is 5.75. The van der Waals surface area contributed by atoms with Gasteiger partial charge in [-0.05, 0) is 65.6 Å². The van der Waals surface area contributed by atoms with Gasteiger partial charge in [0.1, 0.15) is 0 Å². The van der Waals surface area contributed by atoms with Crippen molar-refractivity contribution >= 4 is 74.7 Å². The standard InChI is InChI=1S/C57H41BN6/c1-3-4-8-22-39(2)43-29-19-30-44(40-23-9-5-10-24-40)54(43)61-51-37-21-38-52-53(51)58(63-49-35-17-15-33-47(49)59-56(61)63)64-50-36-18-16-34-48(50)60-57(64)62(52)55-45(41-25-11-6-12-26-41)31-20-32-46(55)42-27-13-7-14-28-42/h3-38H,1H2,2H3/b8-4-,39-22+. The van der Waals surface area contributed by atoms with Gasteiger partial charge in [-0.2, -0.15) is 0 Å². The number of anilines is 6. The first-order valence-corrected chi connectivity index (χ1v) is 21.8. The molecule has 8 aromatic carbocycles. The lowest BCUT2D eigenvalue weighted by atomic mass is 9.62. The number of rotatable bonds is 8. The van der Waals surface area contributed by atoms with E-state index in [1.54, 1.807) is 0 Å². The molecule has 0 saturated carbocycles.